The fourth-order valence-corrected chi connectivity index (χ4v) is 1.97. The van der Waals surface area contributed by atoms with Gasteiger partial charge in [-0.15, -0.1) is 0 Å². The normalized spacial score (nSPS) is 11.8. The molecule has 0 atom stereocenters. The van der Waals surface area contributed by atoms with Crippen LogP contribution in [-0.4, -0.2) is 21.1 Å². The van der Waals surface area contributed by atoms with E-state index in [4.69, 9.17) is 16.3 Å². The van der Waals surface area contributed by atoms with Crippen LogP contribution in [0.4, 0.5) is 0 Å². The third kappa shape index (κ3) is 4.46. The van der Waals surface area contributed by atoms with Gasteiger partial charge < -0.3 is 9.30 Å². The summed E-state index contributed by atoms with van der Waals surface area (Å²) >= 11 is 6.03. The molecule has 0 amide bonds. The van der Waals surface area contributed by atoms with Crippen molar-refractivity contribution in [1.82, 2.24) is 9.55 Å². The van der Waals surface area contributed by atoms with E-state index in [2.05, 4.69) is 4.98 Å². The van der Waals surface area contributed by atoms with Gasteiger partial charge in [-0.3, -0.25) is 0 Å². The molecule has 4 nitrogen and oxygen atoms in total. The van der Waals surface area contributed by atoms with Crippen molar-refractivity contribution in [2.24, 2.45) is 0 Å². The van der Waals surface area contributed by atoms with E-state index < -0.39 is 5.60 Å². The fourth-order valence-electron chi connectivity index (χ4n) is 1.79. The van der Waals surface area contributed by atoms with Crippen molar-refractivity contribution >= 4 is 23.6 Å². The van der Waals surface area contributed by atoms with Crippen molar-refractivity contribution in [3.63, 3.8) is 0 Å². The molecule has 0 spiro atoms. The fraction of sp³-hybridized carbons (Fsp3) is 0.250. The third-order valence-electron chi connectivity index (χ3n) is 2.58. The Balaban J connectivity index is 2.27. The van der Waals surface area contributed by atoms with Crippen LogP contribution in [-0.2, 0) is 9.53 Å². The van der Waals surface area contributed by atoms with Gasteiger partial charge in [-0.05, 0) is 45.0 Å². The first-order valence-corrected chi connectivity index (χ1v) is 6.92. The van der Waals surface area contributed by atoms with E-state index in [0.29, 0.717) is 5.02 Å². The maximum absolute atomic E-state index is 11.8. The van der Waals surface area contributed by atoms with E-state index in [1.54, 1.807) is 30.7 Å². The van der Waals surface area contributed by atoms with Gasteiger partial charge >= 0.3 is 5.97 Å². The lowest BCUT2D eigenvalue weighted by Crippen LogP contribution is -2.22. The Bertz CT molecular complexity index is 655. The molecule has 5 heteroatoms. The number of esters is 1. The summed E-state index contributed by atoms with van der Waals surface area (Å²) in [5.41, 5.74) is 1.19. The first-order chi connectivity index (χ1) is 9.85. The minimum atomic E-state index is -0.511. The van der Waals surface area contributed by atoms with Crippen LogP contribution in [0.5, 0.6) is 0 Å². The number of nitrogens with zero attached hydrogens (tertiary/aromatic N) is 2. The van der Waals surface area contributed by atoms with Crippen LogP contribution in [0.25, 0.3) is 11.8 Å². The molecule has 0 N–H and O–H groups in total. The average Bonchev–Trinajstić information content (AvgIpc) is 2.88. The first kappa shape index (κ1) is 15.3. The molecule has 0 saturated heterocycles. The van der Waals surface area contributed by atoms with Gasteiger partial charge in [0.15, 0.2) is 0 Å². The second-order valence-electron chi connectivity index (χ2n) is 5.54. The molecule has 2 rings (SSSR count). The quantitative estimate of drug-likeness (QED) is 0.638. The smallest absolute Gasteiger partial charge is 0.331 e. The Kier molecular flexibility index (Phi) is 4.48. The Labute approximate surface area is 129 Å². The van der Waals surface area contributed by atoms with Gasteiger partial charge in [-0.1, -0.05) is 11.6 Å². The highest BCUT2D eigenvalue weighted by atomic mass is 35.5. The predicted octanol–water partition coefficient (Wildman–Crippen LogP) is 3.88. The summed E-state index contributed by atoms with van der Waals surface area (Å²) in [6.07, 6.45) is 8.30. The number of hydrogen-bond donors (Lipinski definition) is 0. The largest absolute Gasteiger partial charge is 0.457 e. The van der Waals surface area contributed by atoms with Gasteiger partial charge in [0, 0.05) is 29.1 Å². The van der Waals surface area contributed by atoms with Crippen LogP contribution in [0.3, 0.4) is 0 Å². The van der Waals surface area contributed by atoms with Crippen molar-refractivity contribution in [1.29, 1.82) is 0 Å². The second kappa shape index (κ2) is 6.14. The van der Waals surface area contributed by atoms with E-state index in [1.165, 1.54) is 6.08 Å². The highest BCUT2D eigenvalue weighted by Crippen LogP contribution is 2.21. The molecule has 0 fully saturated rings. The highest BCUT2D eigenvalue weighted by molar-refractivity contribution is 6.30. The number of rotatable bonds is 3. The molecule has 0 radical (unpaired) electrons. The number of imidazole rings is 1. The van der Waals surface area contributed by atoms with Crippen molar-refractivity contribution in [2.75, 3.05) is 0 Å². The summed E-state index contributed by atoms with van der Waals surface area (Å²) in [5.74, 6) is -0.390. The Hall–Kier alpha value is -2.07. The molecule has 0 aliphatic rings. The zero-order valence-electron chi connectivity index (χ0n) is 12.2. The van der Waals surface area contributed by atoms with Gasteiger partial charge in [-0.25, -0.2) is 9.78 Å². The number of ether oxygens (including phenoxy) is 1. The topological polar surface area (TPSA) is 44.1 Å². The van der Waals surface area contributed by atoms with Crippen LogP contribution in [0.1, 0.15) is 26.3 Å². The van der Waals surface area contributed by atoms with Crippen LogP contribution >= 0.6 is 11.6 Å². The standard InChI is InChI=1S/C16H17ClN2O2/c1-16(2,3)21-15(20)7-4-12-10-13(17)5-6-14(12)19-9-8-18-11-19/h4-11H,1-3H3/b7-4+. The second-order valence-corrected chi connectivity index (χ2v) is 5.98. The summed E-state index contributed by atoms with van der Waals surface area (Å²) in [7, 11) is 0. The van der Waals surface area contributed by atoms with Crippen LogP contribution < -0.4 is 0 Å². The van der Waals surface area contributed by atoms with Crippen LogP contribution in [0.2, 0.25) is 5.02 Å². The molecule has 2 aromatic rings. The molecule has 0 saturated carbocycles. The molecule has 0 unspecified atom stereocenters. The van der Waals surface area contributed by atoms with Gasteiger partial charge in [0.2, 0.25) is 0 Å². The average molecular weight is 305 g/mol. The van der Waals surface area contributed by atoms with Crippen molar-refractivity contribution in [3.8, 4) is 5.69 Å². The molecule has 0 bridgehead atoms. The molecular weight excluding hydrogens is 288 g/mol. The zero-order chi connectivity index (χ0) is 15.5. The Morgan fingerprint density at radius 1 is 1.38 bits per heavy atom. The molecule has 1 aromatic heterocycles. The van der Waals surface area contributed by atoms with Gasteiger partial charge in [0.1, 0.15) is 5.60 Å². The maximum Gasteiger partial charge on any atom is 0.331 e. The Morgan fingerprint density at radius 2 is 2.14 bits per heavy atom. The number of carbonyl (C=O) groups excluding carboxylic acids is 1. The number of aromatic nitrogens is 2. The molecule has 21 heavy (non-hydrogen) atoms. The zero-order valence-corrected chi connectivity index (χ0v) is 13.0. The molecule has 0 aliphatic heterocycles. The lowest BCUT2D eigenvalue weighted by atomic mass is 10.1. The monoisotopic (exact) mass is 304 g/mol. The SMILES string of the molecule is CC(C)(C)OC(=O)/C=C/c1cc(Cl)ccc1-n1ccnc1. The Morgan fingerprint density at radius 3 is 2.76 bits per heavy atom. The summed E-state index contributed by atoms with van der Waals surface area (Å²) in [5, 5.41) is 0.600. The van der Waals surface area contributed by atoms with E-state index in [9.17, 15) is 4.79 Å². The summed E-state index contributed by atoms with van der Waals surface area (Å²) in [6, 6.07) is 5.46. The van der Waals surface area contributed by atoms with Crippen molar-refractivity contribution < 1.29 is 9.53 Å². The van der Waals surface area contributed by atoms with Crippen LogP contribution in [0, 0.1) is 0 Å². The third-order valence-corrected chi connectivity index (χ3v) is 2.81. The van der Waals surface area contributed by atoms with Crippen molar-refractivity contribution in [2.45, 2.75) is 26.4 Å². The van der Waals surface area contributed by atoms with Crippen molar-refractivity contribution in [3.05, 3.63) is 53.6 Å². The summed E-state index contributed by atoms with van der Waals surface area (Å²) < 4.78 is 7.09. The number of carbonyl (C=O) groups is 1. The van der Waals surface area contributed by atoms with Gasteiger partial charge in [-0.2, -0.15) is 0 Å². The highest BCUT2D eigenvalue weighted by Gasteiger charge is 2.14. The minimum absolute atomic E-state index is 0.390. The molecule has 1 heterocycles. The first-order valence-electron chi connectivity index (χ1n) is 6.54. The lowest BCUT2D eigenvalue weighted by Gasteiger charge is -2.18. The molecule has 0 aliphatic carbocycles. The summed E-state index contributed by atoms with van der Waals surface area (Å²) in [6.45, 7) is 5.49. The van der Waals surface area contributed by atoms with E-state index in [0.717, 1.165) is 11.3 Å². The van der Waals surface area contributed by atoms with E-state index in [1.807, 2.05) is 37.6 Å². The minimum Gasteiger partial charge on any atom is -0.457 e. The predicted molar refractivity (Wildman–Crippen MR) is 83.5 cm³/mol. The van der Waals surface area contributed by atoms with E-state index in [-0.39, 0.29) is 5.97 Å². The number of halogens is 1. The number of hydrogen-bond acceptors (Lipinski definition) is 3. The molecule has 1 aromatic carbocycles. The maximum atomic E-state index is 11.8. The van der Waals surface area contributed by atoms with Crippen LogP contribution in [0.15, 0.2) is 43.0 Å². The van der Waals surface area contributed by atoms with Gasteiger partial charge in [0.25, 0.3) is 0 Å². The number of benzene rings is 1. The molecule has 110 valence electrons. The molecular formula is C16H17ClN2O2. The summed E-state index contributed by atoms with van der Waals surface area (Å²) in [4.78, 5) is 15.8. The van der Waals surface area contributed by atoms with E-state index >= 15 is 0 Å². The lowest BCUT2D eigenvalue weighted by molar-refractivity contribution is -0.148. The van der Waals surface area contributed by atoms with Gasteiger partial charge in [0.05, 0.1) is 12.0 Å².